The summed E-state index contributed by atoms with van der Waals surface area (Å²) < 4.78 is 6.24. The van der Waals surface area contributed by atoms with Crippen LogP contribution < -0.4 is 0 Å². The lowest BCUT2D eigenvalue weighted by Crippen LogP contribution is -2.58. The van der Waals surface area contributed by atoms with E-state index >= 15 is 0 Å². The van der Waals surface area contributed by atoms with E-state index in [-0.39, 0.29) is 29.3 Å². The predicted molar refractivity (Wildman–Crippen MR) is 113 cm³/mol. The molecule has 1 spiro atoms. The lowest BCUT2D eigenvalue weighted by atomic mass is 9.70. The highest BCUT2D eigenvalue weighted by Gasteiger charge is 2.76. The minimum Gasteiger partial charge on any atom is -0.481 e. The molecule has 0 aromatic carbocycles. The number of likely N-dealkylation sites (tertiary alicyclic amines) is 1. The maximum atomic E-state index is 13.7. The Balaban J connectivity index is 2.00. The van der Waals surface area contributed by atoms with Crippen LogP contribution in [-0.2, 0) is 19.1 Å². The highest BCUT2D eigenvalue weighted by Crippen LogP contribution is 2.60. The van der Waals surface area contributed by atoms with Crippen molar-refractivity contribution in [2.45, 2.75) is 68.1 Å². The zero-order chi connectivity index (χ0) is 22.2. The first-order chi connectivity index (χ1) is 14.2. The topological polar surface area (TPSA) is 107 Å². The number of halogens is 1. The van der Waals surface area contributed by atoms with Crippen LogP contribution in [0.2, 0.25) is 0 Å². The Morgan fingerprint density at radius 2 is 2.10 bits per heavy atom. The predicted octanol–water partition coefficient (Wildman–Crippen LogP) is 1.40. The van der Waals surface area contributed by atoms with Crippen LogP contribution >= 0.6 is 15.9 Å². The number of hydrogen-bond donors (Lipinski definition) is 2. The monoisotopic (exact) mass is 486 g/mol. The molecular weight excluding hydrogens is 456 g/mol. The quantitative estimate of drug-likeness (QED) is 0.274. The van der Waals surface area contributed by atoms with Crippen molar-refractivity contribution in [1.82, 2.24) is 9.80 Å². The SMILES string of the molecule is C=CCN(C(=O)C1N(CCCCCO)C(=O)[C@@H]2[C@H](C(=O)O)[C@H]3OC12CC3Br)C(C)C. The Kier molecular flexibility index (Phi) is 6.94. The molecule has 9 heteroatoms. The molecule has 30 heavy (non-hydrogen) atoms. The summed E-state index contributed by atoms with van der Waals surface area (Å²) in [6.07, 6.45) is 3.39. The van der Waals surface area contributed by atoms with E-state index in [0.29, 0.717) is 38.8 Å². The first kappa shape index (κ1) is 23.2. The Hall–Kier alpha value is -1.45. The Bertz CT molecular complexity index is 716. The van der Waals surface area contributed by atoms with Gasteiger partial charge in [0.2, 0.25) is 11.8 Å². The summed E-state index contributed by atoms with van der Waals surface area (Å²) in [7, 11) is 0. The van der Waals surface area contributed by atoms with Gasteiger partial charge in [-0.15, -0.1) is 6.58 Å². The van der Waals surface area contributed by atoms with Crippen LogP contribution in [-0.4, -0.2) is 86.1 Å². The first-order valence-electron chi connectivity index (χ1n) is 10.6. The molecule has 3 fully saturated rings. The average molecular weight is 487 g/mol. The zero-order valence-corrected chi connectivity index (χ0v) is 19.1. The van der Waals surface area contributed by atoms with E-state index in [1.54, 1.807) is 15.9 Å². The number of carboxylic acid groups (broad SMARTS) is 1. The van der Waals surface area contributed by atoms with E-state index in [1.165, 1.54) is 0 Å². The minimum absolute atomic E-state index is 0.0699. The van der Waals surface area contributed by atoms with E-state index in [4.69, 9.17) is 9.84 Å². The van der Waals surface area contributed by atoms with Crippen LogP contribution in [0.25, 0.3) is 0 Å². The third-order valence-electron chi connectivity index (χ3n) is 6.60. The van der Waals surface area contributed by atoms with Crippen molar-refractivity contribution >= 4 is 33.7 Å². The van der Waals surface area contributed by atoms with E-state index in [1.807, 2.05) is 13.8 Å². The molecule has 3 heterocycles. The fourth-order valence-electron chi connectivity index (χ4n) is 5.35. The third kappa shape index (κ3) is 3.58. The number of carbonyl (C=O) groups is 3. The molecule has 0 radical (unpaired) electrons. The van der Waals surface area contributed by atoms with Crippen LogP contribution in [0.1, 0.15) is 39.5 Å². The van der Waals surface area contributed by atoms with Crippen LogP contribution in [0.4, 0.5) is 0 Å². The lowest BCUT2D eigenvalue weighted by Gasteiger charge is -2.38. The number of nitrogens with zero attached hydrogens (tertiary/aromatic N) is 2. The molecule has 3 unspecified atom stereocenters. The van der Waals surface area contributed by atoms with Crippen molar-refractivity contribution in [3.63, 3.8) is 0 Å². The summed E-state index contributed by atoms with van der Waals surface area (Å²) in [5.41, 5.74) is -1.14. The number of fused-ring (bicyclic) bond motifs is 1. The molecule has 0 saturated carbocycles. The number of hydrogen-bond acceptors (Lipinski definition) is 5. The van der Waals surface area contributed by atoms with Gasteiger partial charge in [-0.05, 0) is 39.5 Å². The van der Waals surface area contributed by atoms with Crippen LogP contribution in [0.5, 0.6) is 0 Å². The van der Waals surface area contributed by atoms with Gasteiger partial charge in [0.05, 0.1) is 17.9 Å². The second-order valence-corrected chi connectivity index (χ2v) is 9.87. The Morgan fingerprint density at radius 3 is 2.67 bits per heavy atom. The van der Waals surface area contributed by atoms with Crippen LogP contribution in [0.3, 0.4) is 0 Å². The smallest absolute Gasteiger partial charge is 0.310 e. The fraction of sp³-hybridized carbons (Fsp3) is 0.762. The number of aliphatic carboxylic acids is 1. The maximum Gasteiger partial charge on any atom is 0.310 e. The average Bonchev–Trinajstić information content (AvgIpc) is 3.26. The van der Waals surface area contributed by atoms with Gasteiger partial charge in [-0.3, -0.25) is 14.4 Å². The summed E-state index contributed by atoms with van der Waals surface area (Å²) >= 11 is 3.53. The van der Waals surface area contributed by atoms with Crippen LogP contribution in [0, 0.1) is 11.8 Å². The Morgan fingerprint density at radius 1 is 1.40 bits per heavy atom. The van der Waals surface area contributed by atoms with Gasteiger partial charge in [0.15, 0.2) is 0 Å². The number of ether oxygens (including phenoxy) is 1. The molecule has 8 nitrogen and oxygen atoms in total. The highest BCUT2D eigenvalue weighted by molar-refractivity contribution is 9.09. The molecular formula is C21H31BrN2O6. The first-order valence-corrected chi connectivity index (χ1v) is 11.5. The number of aliphatic hydroxyl groups excluding tert-OH is 1. The van der Waals surface area contributed by atoms with E-state index < -0.39 is 35.6 Å². The summed E-state index contributed by atoms with van der Waals surface area (Å²) in [5, 5.41) is 18.9. The van der Waals surface area contributed by atoms with Crippen molar-refractivity contribution in [2.75, 3.05) is 19.7 Å². The molecule has 0 aromatic rings. The Labute approximate surface area is 185 Å². The van der Waals surface area contributed by atoms with Crippen molar-refractivity contribution in [3.05, 3.63) is 12.7 Å². The molecule has 0 aliphatic carbocycles. The molecule has 3 aliphatic rings. The van der Waals surface area contributed by atoms with Crippen LogP contribution in [0.15, 0.2) is 12.7 Å². The molecule has 0 aromatic heterocycles. The number of unbranched alkanes of at least 4 members (excludes halogenated alkanes) is 2. The van der Waals surface area contributed by atoms with Gasteiger partial charge >= 0.3 is 5.97 Å². The number of alkyl halides is 1. The minimum atomic E-state index is -1.14. The number of carboxylic acids is 1. The molecule has 3 rings (SSSR count). The van der Waals surface area contributed by atoms with E-state index in [9.17, 15) is 19.5 Å². The number of carbonyl (C=O) groups excluding carboxylic acids is 2. The summed E-state index contributed by atoms with van der Waals surface area (Å²) in [4.78, 5) is 42.2. The molecule has 2 bridgehead atoms. The van der Waals surface area contributed by atoms with Gasteiger partial charge in [0.1, 0.15) is 11.6 Å². The summed E-state index contributed by atoms with van der Waals surface area (Å²) in [6, 6.07) is -0.966. The van der Waals surface area contributed by atoms with Crippen molar-refractivity contribution < 1.29 is 29.3 Å². The lowest BCUT2D eigenvalue weighted by molar-refractivity contribution is -0.151. The number of amides is 2. The third-order valence-corrected chi connectivity index (χ3v) is 7.44. The standard InChI is InChI=1S/C21H31BrN2O6/c1-4-8-23(12(2)3)19(27)17-21-11-13(22)16(30-21)14(20(28)29)15(21)18(26)24(17)9-6-5-7-10-25/h4,12-17,25H,1,5-11H2,2-3H3,(H,28,29)/t13?,14-,15-,16-,17?,21?/m0/s1. The largest absolute Gasteiger partial charge is 0.481 e. The van der Waals surface area contributed by atoms with Gasteiger partial charge in [-0.25, -0.2) is 0 Å². The van der Waals surface area contributed by atoms with E-state index in [2.05, 4.69) is 22.5 Å². The normalized spacial score (nSPS) is 34.5. The number of rotatable bonds is 10. The van der Waals surface area contributed by atoms with Crippen molar-refractivity contribution in [2.24, 2.45) is 11.8 Å². The highest BCUT2D eigenvalue weighted by atomic mass is 79.9. The van der Waals surface area contributed by atoms with Gasteiger partial charge in [-0.1, -0.05) is 22.0 Å². The fourth-order valence-corrected chi connectivity index (χ4v) is 6.30. The van der Waals surface area contributed by atoms with Gasteiger partial charge in [-0.2, -0.15) is 0 Å². The summed E-state index contributed by atoms with van der Waals surface area (Å²) in [6.45, 7) is 8.29. The number of aliphatic hydroxyl groups is 1. The molecule has 6 atom stereocenters. The second kappa shape index (κ2) is 8.96. The molecule has 2 N–H and O–H groups in total. The van der Waals surface area contributed by atoms with Crippen molar-refractivity contribution in [1.29, 1.82) is 0 Å². The van der Waals surface area contributed by atoms with E-state index in [0.717, 1.165) is 0 Å². The van der Waals surface area contributed by atoms with Crippen molar-refractivity contribution in [3.8, 4) is 0 Å². The summed E-state index contributed by atoms with van der Waals surface area (Å²) in [5.74, 6) is -3.44. The van der Waals surface area contributed by atoms with Gasteiger partial charge < -0.3 is 24.7 Å². The zero-order valence-electron chi connectivity index (χ0n) is 17.5. The molecule has 2 amide bonds. The molecule has 3 aliphatic heterocycles. The van der Waals surface area contributed by atoms with Gasteiger partial charge in [0.25, 0.3) is 0 Å². The van der Waals surface area contributed by atoms with Gasteiger partial charge in [0, 0.05) is 30.6 Å². The maximum absolute atomic E-state index is 13.7. The second-order valence-electron chi connectivity index (χ2n) is 8.69. The molecule has 168 valence electrons. The molecule has 3 saturated heterocycles.